The quantitative estimate of drug-likeness (QED) is 0.448. The molecule has 0 radical (unpaired) electrons. The third-order valence-electron chi connectivity index (χ3n) is 9.20. The van der Waals surface area contributed by atoms with Crippen LogP contribution < -0.4 is 0 Å². The van der Waals surface area contributed by atoms with Crippen LogP contribution in [0, 0.1) is 5.92 Å². The van der Waals surface area contributed by atoms with Gasteiger partial charge in [-0.25, -0.2) is 0 Å². The Morgan fingerprint density at radius 1 is 0.946 bits per heavy atom. The van der Waals surface area contributed by atoms with Gasteiger partial charge in [0.05, 0.1) is 0 Å². The summed E-state index contributed by atoms with van der Waals surface area (Å²) in [6, 6.07) is 19.0. The van der Waals surface area contributed by atoms with Crippen molar-refractivity contribution in [3.63, 3.8) is 0 Å². The molecule has 37 heavy (non-hydrogen) atoms. The van der Waals surface area contributed by atoms with Gasteiger partial charge in [0.2, 0.25) is 0 Å². The van der Waals surface area contributed by atoms with Gasteiger partial charge in [0.25, 0.3) is 5.91 Å². The summed E-state index contributed by atoms with van der Waals surface area (Å²) in [6.45, 7) is 2.39. The second kappa shape index (κ2) is 12.4. The average Bonchev–Trinajstić information content (AvgIpc) is 3.16. The Balaban J connectivity index is 1.20. The molecule has 5 rings (SSSR count). The van der Waals surface area contributed by atoms with E-state index in [0.29, 0.717) is 42.6 Å². The third kappa shape index (κ3) is 6.74. The maximum Gasteiger partial charge on any atom is 0.251 e. The fourth-order valence-corrected chi connectivity index (χ4v) is 7.18. The van der Waals surface area contributed by atoms with E-state index >= 15 is 0 Å². The number of rotatable bonds is 10. The zero-order chi connectivity index (χ0) is 25.6. The van der Waals surface area contributed by atoms with E-state index in [-0.39, 0.29) is 5.91 Å². The minimum absolute atomic E-state index is 0.0801. The number of hydrogen-bond donors (Lipinski definition) is 2. The van der Waals surface area contributed by atoms with E-state index in [4.69, 9.17) is 0 Å². The summed E-state index contributed by atoms with van der Waals surface area (Å²) in [7, 11) is 0. The average molecular weight is 505 g/mol. The van der Waals surface area contributed by atoms with Crippen molar-refractivity contribution in [2.24, 2.45) is 5.92 Å². The molecule has 200 valence electrons. The highest BCUT2D eigenvalue weighted by Crippen LogP contribution is 2.43. The van der Waals surface area contributed by atoms with Crippen LogP contribution in [0.3, 0.4) is 0 Å². The van der Waals surface area contributed by atoms with Gasteiger partial charge in [-0.15, -0.1) is 0 Å². The number of amides is 1. The highest BCUT2D eigenvalue weighted by atomic mass is 16.3. The molecule has 4 atom stereocenters. The van der Waals surface area contributed by atoms with Crippen LogP contribution in [0.1, 0.15) is 81.3 Å². The molecule has 5 heteroatoms. The predicted molar refractivity (Wildman–Crippen MR) is 148 cm³/mol. The molecule has 3 aliphatic rings. The Labute approximate surface area is 222 Å². The van der Waals surface area contributed by atoms with Crippen LogP contribution in [-0.4, -0.2) is 63.7 Å². The van der Waals surface area contributed by atoms with E-state index in [0.717, 1.165) is 32.4 Å². The van der Waals surface area contributed by atoms with Gasteiger partial charge >= 0.3 is 0 Å². The number of phenolic OH excluding ortho intramolecular Hbond substituents is 1. The number of aromatic hydroxyl groups is 1. The zero-order valence-electron chi connectivity index (χ0n) is 22.2. The van der Waals surface area contributed by atoms with E-state index < -0.39 is 6.10 Å². The van der Waals surface area contributed by atoms with Crippen LogP contribution >= 0.6 is 0 Å². The molecule has 1 amide bonds. The van der Waals surface area contributed by atoms with Crippen molar-refractivity contribution in [2.75, 3.05) is 19.6 Å². The number of nitrogens with zero attached hydrogens (tertiary/aromatic N) is 2. The Kier molecular flexibility index (Phi) is 8.83. The van der Waals surface area contributed by atoms with E-state index in [1.165, 1.54) is 56.1 Å². The number of carbonyl (C=O) groups is 1. The number of benzene rings is 2. The molecule has 2 saturated heterocycles. The van der Waals surface area contributed by atoms with Gasteiger partial charge in [-0.3, -0.25) is 9.69 Å². The highest BCUT2D eigenvalue weighted by Gasteiger charge is 2.41. The highest BCUT2D eigenvalue weighted by molar-refractivity contribution is 5.80. The molecule has 2 bridgehead atoms. The maximum absolute atomic E-state index is 13.5. The fraction of sp³-hybridized carbons (Fsp3) is 0.594. The number of aryl methyl sites for hydroxylation is 1. The molecule has 1 aliphatic carbocycles. The molecule has 1 saturated carbocycles. The van der Waals surface area contributed by atoms with E-state index in [9.17, 15) is 15.0 Å². The van der Waals surface area contributed by atoms with Gasteiger partial charge < -0.3 is 15.1 Å². The second-order valence-corrected chi connectivity index (χ2v) is 11.7. The van der Waals surface area contributed by atoms with Crippen LogP contribution in [0.15, 0.2) is 54.6 Å². The van der Waals surface area contributed by atoms with Crippen molar-refractivity contribution in [1.82, 2.24) is 9.80 Å². The van der Waals surface area contributed by atoms with Crippen molar-refractivity contribution in [2.45, 2.75) is 94.7 Å². The zero-order valence-corrected chi connectivity index (χ0v) is 22.2. The van der Waals surface area contributed by atoms with Gasteiger partial charge in [-0.05, 0) is 86.5 Å². The minimum atomic E-state index is -0.933. The SMILES string of the molecule is O=C([C@H](O)CCc1ccccc1)N(CCN1[C@@H]2CC[C@H]1CC(c1cccc(O)c1)C2)CC1CCCCC1. The summed E-state index contributed by atoms with van der Waals surface area (Å²) in [5.74, 6) is 1.34. The number of carbonyl (C=O) groups excluding carboxylic acids is 1. The molecule has 0 spiro atoms. The molecule has 5 nitrogen and oxygen atoms in total. The van der Waals surface area contributed by atoms with Gasteiger partial charge in [0.1, 0.15) is 11.9 Å². The van der Waals surface area contributed by atoms with Crippen LogP contribution in [0.25, 0.3) is 0 Å². The topological polar surface area (TPSA) is 64.0 Å². The van der Waals surface area contributed by atoms with Gasteiger partial charge in [-0.1, -0.05) is 61.7 Å². The lowest BCUT2D eigenvalue weighted by atomic mass is 9.85. The normalized spacial score (nSPS) is 25.2. The predicted octanol–water partition coefficient (Wildman–Crippen LogP) is 5.51. The number of hydrogen-bond acceptors (Lipinski definition) is 4. The number of phenols is 1. The lowest BCUT2D eigenvalue weighted by molar-refractivity contribution is -0.141. The summed E-state index contributed by atoms with van der Waals surface area (Å²) in [5, 5.41) is 20.8. The monoisotopic (exact) mass is 504 g/mol. The van der Waals surface area contributed by atoms with Gasteiger partial charge in [0, 0.05) is 31.7 Å². The Hall–Kier alpha value is -2.37. The van der Waals surface area contributed by atoms with Crippen molar-refractivity contribution in [3.05, 3.63) is 65.7 Å². The summed E-state index contributed by atoms with van der Waals surface area (Å²) < 4.78 is 0. The van der Waals surface area contributed by atoms with Crippen molar-refractivity contribution in [1.29, 1.82) is 0 Å². The summed E-state index contributed by atoms with van der Waals surface area (Å²) in [6.07, 6.45) is 11.2. The molecule has 2 aliphatic heterocycles. The Bertz CT molecular complexity index is 992. The fourth-order valence-electron chi connectivity index (χ4n) is 7.18. The molecule has 1 unspecified atom stereocenters. The molecular weight excluding hydrogens is 460 g/mol. The van der Waals surface area contributed by atoms with Gasteiger partial charge in [-0.2, -0.15) is 0 Å². The Morgan fingerprint density at radius 2 is 1.68 bits per heavy atom. The first-order valence-electron chi connectivity index (χ1n) is 14.6. The second-order valence-electron chi connectivity index (χ2n) is 11.7. The minimum Gasteiger partial charge on any atom is -0.508 e. The largest absolute Gasteiger partial charge is 0.508 e. The smallest absolute Gasteiger partial charge is 0.251 e. The lowest BCUT2D eigenvalue weighted by Gasteiger charge is -2.41. The van der Waals surface area contributed by atoms with Crippen molar-refractivity contribution >= 4 is 5.91 Å². The third-order valence-corrected chi connectivity index (χ3v) is 9.20. The number of fused-ring (bicyclic) bond motifs is 2. The van der Waals surface area contributed by atoms with Crippen molar-refractivity contribution in [3.8, 4) is 5.75 Å². The summed E-state index contributed by atoms with van der Waals surface area (Å²) in [4.78, 5) is 18.1. The van der Waals surface area contributed by atoms with Crippen LogP contribution in [0.5, 0.6) is 5.75 Å². The molecule has 2 aromatic carbocycles. The van der Waals surface area contributed by atoms with Crippen molar-refractivity contribution < 1.29 is 15.0 Å². The first-order valence-corrected chi connectivity index (χ1v) is 14.6. The molecule has 3 fully saturated rings. The van der Waals surface area contributed by atoms with E-state index in [2.05, 4.69) is 23.1 Å². The van der Waals surface area contributed by atoms with E-state index in [1.54, 1.807) is 6.07 Å². The molecule has 0 aromatic heterocycles. The summed E-state index contributed by atoms with van der Waals surface area (Å²) >= 11 is 0. The van der Waals surface area contributed by atoms with Crippen LogP contribution in [0.2, 0.25) is 0 Å². The summed E-state index contributed by atoms with van der Waals surface area (Å²) in [5.41, 5.74) is 2.42. The Morgan fingerprint density at radius 3 is 2.38 bits per heavy atom. The number of aliphatic hydroxyl groups excluding tert-OH is 1. The molecule has 2 heterocycles. The maximum atomic E-state index is 13.5. The standard InChI is InChI=1S/C32H44N2O3/c35-30-13-7-12-26(22-30)27-20-28-15-16-29(21-27)34(28)19-18-33(23-25-10-5-2-6-11-25)32(37)31(36)17-14-24-8-3-1-4-9-24/h1,3-4,7-9,12-13,22,25,27-29,31,35-36H,2,5-6,10-11,14-21,23H2/t27?,28-,29+,31-/m1/s1. The molecule has 2 aromatic rings. The molecule has 2 N–H and O–H groups in total. The van der Waals surface area contributed by atoms with E-state index in [1.807, 2.05) is 35.2 Å². The number of aliphatic hydroxyl groups is 1. The first-order chi connectivity index (χ1) is 18.1. The number of piperidine rings is 1. The van der Waals surface area contributed by atoms with Gasteiger partial charge in [0.15, 0.2) is 0 Å². The van der Waals surface area contributed by atoms with Crippen LogP contribution in [-0.2, 0) is 11.2 Å². The molecular formula is C32H44N2O3. The lowest BCUT2D eigenvalue weighted by Crippen LogP contribution is -2.49. The first kappa shape index (κ1) is 26.2. The van der Waals surface area contributed by atoms with Crippen LogP contribution in [0.4, 0.5) is 0 Å².